The molecule has 0 spiro atoms. The van der Waals surface area contributed by atoms with E-state index in [1.54, 1.807) is 13.3 Å². The molecule has 148 valence electrons. The summed E-state index contributed by atoms with van der Waals surface area (Å²) in [6.45, 7) is 3.33. The average Bonchev–Trinajstić information content (AvgIpc) is 2.68. The van der Waals surface area contributed by atoms with Gasteiger partial charge in [0.15, 0.2) is 0 Å². The molecule has 0 aliphatic heterocycles. The number of esters is 1. The van der Waals surface area contributed by atoms with Crippen LogP contribution in [0.1, 0.15) is 11.1 Å². The fourth-order valence-electron chi connectivity index (χ4n) is 2.17. The van der Waals surface area contributed by atoms with E-state index in [0.29, 0.717) is 0 Å². The van der Waals surface area contributed by atoms with Crippen molar-refractivity contribution in [2.24, 2.45) is 0 Å². The third-order valence-electron chi connectivity index (χ3n) is 3.62. The van der Waals surface area contributed by atoms with Crippen LogP contribution in [0.5, 0.6) is 0 Å². The Balaban J connectivity index is 1.98. The Kier molecular flexibility index (Phi) is 8.02. The molecule has 0 saturated heterocycles. The van der Waals surface area contributed by atoms with Crippen molar-refractivity contribution in [3.05, 3.63) is 83.6 Å². The summed E-state index contributed by atoms with van der Waals surface area (Å²) < 4.78 is 22.4. The van der Waals surface area contributed by atoms with Gasteiger partial charge in [0, 0.05) is 6.16 Å². The molecular weight excluding hydrogens is 377 g/mol. The highest BCUT2D eigenvalue weighted by Crippen LogP contribution is 2.35. The van der Waals surface area contributed by atoms with Crippen LogP contribution < -0.4 is 5.32 Å². The van der Waals surface area contributed by atoms with E-state index >= 15 is 0 Å². The van der Waals surface area contributed by atoms with E-state index in [9.17, 15) is 14.2 Å². The van der Waals surface area contributed by atoms with Gasteiger partial charge < -0.3 is 14.0 Å². The van der Waals surface area contributed by atoms with Crippen molar-refractivity contribution in [3.63, 3.8) is 0 Å². The molecule has 0 aliphatic carbocycles. The fourth-order valence-corrected chi connectivity index (χ4v) is 2.79. The summed E-state index contributed by atoms with van der Waals surface area (Å²) in [5.41, 5.74) is 1.55. The van der Waals surface area contributed by atoms with Gasteiger partial charge in [-0.25, -0.2) is 9.59 Å². The second kappa shape index (κ2) is 10.5. The topological polar surface area (TPSA) is 81.7 Å². The van der Waals surface area contributed by atoms with Crippen molar-refractivity contribution in [1.29, 1.82) is 0 Å². The van der Waals surface area contributed by atoms with Crippen LogP contribution in [-0.4, -0.2) is 31.6 Å². The van der Waals surface area contributed by atoms with Crippen LogP contribution in [0.2, 0.25) is 0 Å². The zero-order chi connectivity index (χ0) is 20.4. The maximum atomic E-state index is 12.4. The minimum atomic E-state index is -2.42. The molecule has 1 amide bonds. The highest BCUT2D eigenvalue weighted by atomic mass is 31.2. The standard InChI is InChI=1S/C21H24NO5P/c1-28(2,25)14-13-19(20(23)26-15-17-9-5-3-6-10-17)22-21(24)27-16-18-11-7-4-8-12-18/h3-13H,14-16H2,1-2H3,(H,22,24)/b19-13-. The van der Waals surface area contributed by atoms with Gasteiger partial charge in [-0.15, -0.1) is 0 Å². The number of allylic oxidation sites excluding steroid dienone is 1. The van der Waals surface area contributed by atoms with Gasteiger partial charge in [0.1, 0.15) is 18.9 Å². The average molecular weight is 401 g/mol. The lowest BCUT2D eigenvalue weighted by molar-refractivity contribution is -0.140. The van der Waals surface area contributed by atoms with Gasteiger partial charge in [0.2, 0.25) is 0 Å². The molecule has 1 N–H and O–H groups in total. The summed E-state index contributed by atoms with van der Waals surface area (Å²) in [5.74, 6) is -0.714. The normalized spacial score (nSPS) is 11.6. The van der Waals surface area contributed by atoms with Crippen molar-refractivity contribution >= 4 is 19.2 Å². The number of hydrogen-bond acceptors (Lipinski definition) is 5. The molecular formula is C21H24NO5P. The van der Waals surface area contributed by atoms with Gasteiger partial charge in [0.05, 0.1) is 7.14 Å². The molecule has 2 aromatic carbocycles. The fraction of sp³-hybridized carbons (Fsp3) is 0.238. The predicted molar refractivity (Wildman–Crippen MR) is 108 cm³/mol. The second-order valence-electron chi connectivity index (χ2n) is 6.62. The van der Waals surface area contributed by atoms with Crippen molar-refractivity contribution in [2.75, 3.05) is 19.5 Å². The molecule has 0 heterocycles. The lowest BCUT2D eigenvalue weighted by atomic mass is 10.2. The smallest absolute Gasteiger partial charge is 0.412 e. The molecule has 0 unspecified atom stereocenters. The van der Waals surface area contributed by atoms with Crippen molar-refractivity contribution in [2.45, 2.75) is 13.2 Å². The minimum absolute atomic E-state index is 0.0632. The maximum Gasteiger partial charge on any atom is 0.412 e. The highest BCUT2D eigenvalue weighted by molar-refractivity contribution is 7.62. The van der Waals surface area contributed by atoms with Crippen LogP contribution in [0.4, 0.5) is 4.79 Å². The van der Waals surface area contributed by atoms with Crippen molar-refractivity contribution in [1.82, 2.24) is 5.32 Å². The Morgan fingerprint density at radius 3 is 1.89 bits per heavy atom. The third-order valence-corrected chi connectivity index (χ3v) is 4.68. The highest BCUT2D eigenvalue weighted by Gasteiger charge is 2.17. The molecule has 0 bridgehead atoms. The third kappa shape index (κ3) is 8.23. The number of benzene rings is 2. The molecule has 0 aromatic heterocycles. The van der Waals surface area contributed by atoms with E-state index in [1.807, 2.05) is 60.7 Å². The first kappa shape index (κ1) is 21.5. The van der Waals surface area contributed by atoms with E-state index in [0.717, 1.165) is 11.1 Å². The van der Waals surface area contributed by atoms with E-state index in [-0.39, 0.29) is 25.1 Å². The quantitative estimate of drug-likeness (QED) is 0.408. The Morgan fingerprint density at radius 1 is 0.893 bits per heavy atom. The van der Waals surface area contributed by atoms with E-state index < -0.39 is 19.2 Å². The van der Waals surface area contributed by atoms with Crippen LogP contribution >= 0.6 is 7.14 Å². The zero-order valence-corrected chi connectivity index (χ0v) is 16.9. The van der Waals surface area contributed by atoms with Gasteiger partial charge in [-0.3, -0.25) is 5.32 Å². The second-order valence-corrected chi connectivity index (χ2v) is 10.1. The molecule has 7 heteroatoms. The molecule has 28 heavy (non-hydrogen) atoms. The number of rotatable bonds is 8. The van der Waals surface area contributed by atoms with Crippen LogP contribution in [0.15, 0.2) is 72.4 Å². The van der Waals surface area contributed by atoms with Crippen LogP contribution in [0, 0.1) is 0 Å². The van der Waals surface area contributed by atoms with Gasteiger partial charge >= 0.3 is 12.1 Å². The Hall–Kier alpha value is -2.85. The van der Waals surface area contributed by atoms with Crippen LogP contribution in [0.25, 0.3) is 0 Å². The molecule has 2 rings (SSSR count). The SMILES string of the molecule is CP(C)(=O)C/C=C(\NC(=O)OCc1ccccc1)C(=O)OCc1ccccc1. The molecule has 6 nitrogen and oxygen atoms in total. The molecule has 0 aliphatic rings. The molecule has 0 saturated carbocycles. The molecule has 0 radical (unpaired) electrons. The lowest BCUT2D eigenvalue weighted by Crippen LogP contribution is -2.29. The first-order chi connectivity index (χ1) is 13.3. The number of carbonyl (C=O) groups excluding carboxylic acids is 2. The zero-order valence-electron chi connectivity index (χ0n) is 16.0. The van der Waals surface area contributed by atoms with Gasteiger partial charge in [-0.1, -0.05) is 60.7 Å². The Bertz CT molecular complexity index is 859. The summed E-state index contributed by atoms with van der Waals surface area (Å²) in [7, 11) is -2.42. The van der Waals surface area contributed by atoms with E-state index in [2.05, 4.69) is 5.32 Å². The number of carbonyl (C=O) groups is 2. The molecule has 2 aromatic rings. The van der Waals surface area contributed by atoms with E-state index in [1.165, 1.54) is 6.08 Å². The number of nitrogens with one attached hydrogen (secondary N) is 1. The first-order valence-corrected chi connectivity index (χ1v) is 11.5. The Morgan fingerprint density at radius 2 is 1.39 bits per heavy atom. The number of amides is 1. The monoisotopic (exact) mass is 401 g/mol. The predicted octanol–water partition coefficient (Wildman–Crippen LogP) is 4.16. The van der Waals surface area contributed by atoms with Crippen molar-refractivity contribution in [3.8, 4) is 0 Å². The van der Waals surface area contributed by atoms with Crippen LogP contribution in [0.3, 0.4) is 0 Å². The van der Waals surface area contributed by atoms with Crippen LogP contribution in [-0.2, 0) is 32.0 Å². The van der Waals surface area contributed by atoms with E-state index in [4.69, 9.17) is 9.47 Å². The summed E-state index contributed by atoms with van der Waals surface area (Å²) in [5, 5.41) is 2.40. The summed E-state index contributed by atoms with van der Waals surface area (Å²) >= 11 is 0. The maximum absolute atomic E-state index is 12.4. The number of ether oxygens (including phenoxy) is 2. The lowest BCUT2D eigenvalue weighted by Gasteiger charge is -2.12. The summed E-state index contributed by atoms with van der Waals surface area (Å²) in [6, 6.07) is 18.4. The molecule has 0 atom stereocenters. The van der Waals surface area contributed by atoms with Gasteiger partial charge in [-0.05, 0) is 30.5 Å². The molecule has 0 fully saturated rings. The summed E-state index contributed by atoms with van der Waals surface area (Å²) in [6.07, 6.45) is 0.786. The minimum Gasteiger partial charge on any atom is -0.456 e. The van der Waals surface area contributed by atoms with Gasteiger partial charge in [0.25, 0.3) is 0 Å². The van der Waals surface area contributed by atoms with Crippen molar-refractivity contribution < 1.29 is 23.6 Å². The number of hydrogen-bond donors (Lipinski definition) is 1. The number of alkyl carbamates (subject to hydrolysis) is 1. The Labute approximate surface area is 164 Å². The first-order valence-electron chi connectivity index (χ1n) is 8.76. The largest absolute Gasteiger partial charge is 0.456 e. The van der Waals surface area contributed by atoms with Gasteiger partial charge in [-0.2, -0.15) is 0 Å². The summed E-state index contributed by atoms with van der Waals surface area (Å²) in [4.78, 5) is 24.5.